The highest BCUT2D eigenvalue weighted by molar-refractivity contribution is 5.88. The van der Waals surface area contributed by atoms with E-state index in [0.717, 1.165) is 80.5 Å². The van der Waals surface area contributed by atoms with E-state index in [4.69, 9.17) is 9.97 Å². The monoisotopic (exact) mass is 316 g/mol. The Morgan fingerprint density at radius 3 is 2.30 bits per heavy atom. The maximum Gasteiger partial charge on any atom is 0.158 e. The Morgan fingerprint density at radius 2 is 1.70 bits per heavy atom. The second kappa shape index (κ2) is 6.83. The molecule has 0 atom stereocenters. The van der Waals surface area contributed by atoms with Crippen LogP contribution in [0.25, 0.3) is 11.0 Å². The third kappa shape index (κ3) is 3.04. The maximum absolute atomic E-state index is 4.92. The van der Waals surface area contributed by atoms with Gasteiger partial charge in [-0.15, -0.1) is 0 Å². The smallest absolute Gasteiger partial charge is 0.158 e. The fraction of sp³-hybridized carbons (Fsp3) is 0.706. The van der Waals surface area contributed by atoms with Gasteiger partial charge in [-0.3, -0.25) is 4.68 Å². The zero-order valence-electron chi connectivity index (χ0n) is 14.8. The molecule has 6 heteroatoms. The van der Waals surface area contributed by atoms with Crippen LogP contribution in [0.5, 0.6) is 0 Å². The molecule has 2 aromatic heterocycles. The predicted octanol–water partition coefficient (Wildman–Crippen LogP) is 2.25. The molecule has 0 bridgehead atoms. The third-order valence-corrected chi connectivity index (χ3v) is 4.68. The second-order valence-corrected chi connectivity index (χ2v) is 6.23. The summed E-state index contributed by atoms with van der Waals surface area (Å²) in [6.45, 7) is 14.8. The number of aromatic nitrogens is 4. The van der Waals surface area contributed by atoms with E-state index in [1.807, 2.05) is 0 Å². The zero-order valence-corrected chi connectivity index (χ0v) is 14.8. The van der Waals surface area contributed by atoms with E-state index in [1.54, 1.807) is 0 Å². The first kappa shape index (κ1) is 16.2. The summed E-state index contributed by atoms with van der Waals surface area (Å²) in [4.78, 5) is 14.6. The lowest BCUT2D eigenvalue weighted by atomic mass is 10.2. The van der Waals surface area contributed by atoms with Crippen molar-refractivity contribution in [1.82, 2.24) is 24.6 Å². The van der Waals surface area contributed by atoms with E-state index < -0.39 is 0 Å². The average Bonchev–Trinajstić information content (AvgIpc) is 2.91. The highest BCUT2D eigenvalue weighted by Gasteiger charge is 2.23. The van der Waals surface area contributed by atoms with Crippen molar-refractivity contribution in [3.8, 4) is 0 Å². The van der Waals surface area contributed by atoms with E-state index >= 15 is 0 Å². The van der Waals surface area contributed by atoms with Gasteiger partial charge in [0.15, 0.2) is 5.82 Å². The second-order valence-electron chi connectivity index (χ2n) is 6.23. The lowest BCUT2D eigenvalue weighted by Gasteiger charge is -2.35. The molecule has 3 heterocycles. The Balaban J connectivity index is 2.06. The highest BCUT2D eigenvalue weighted by atomic mass is 15.3. The molecule has 0 aromatic carbocycles. The molecule has 0 unspecified atom stereocenters. The first-order valence-corrected chi connectivity index (χ1v) is 8.89. The lowest BCUT2D eigenvalue weighted by molar-refractivity contribution is 0.270. The number of aryl methyl sites for hydroxylation is 3. The van der Waals surface area contributed by atoms with E-state index in [9.17, 15) is 0 Å². The van der Waals surface area contributed by atoms with Crippen LogP contribution in [0, 0.1) is 6.92 Å². The van der Waals surface area contributed by atoms with E-state index in [2.05, 4.69) is 47.3 Å². The van der Waals surface area contributed by atoms with Crippen molar-refractivity contribution in [1.29, 1.82) is 0 Å². The number of piperazine rings is 1. The minimum Gasteiger partial charge on any atom is -0.352 e. The molecule has 23 heavy (non-hydrogen) atoms. The molecule has 0 spiro atoms. The number of nitrogens with zero attached hydrogens (tertiary/aromatic N) is 6. The molecule has 2 aromatic rings. The van der Waals surface area contributed by atoms with Crippen LogP contribution < -0.4 is 4.90 Å². The first-order chi connectivity index (χ1) is 11.2. The Kier molecular flexibility index (Phi) is 4.80. The molecule has 6 nitrogen and oxygen atoms in total. The van der Waals surface area contributed by atoms with Crippen LogP contribution in [0.3, 0.4) is 0 Å². The van der Waals surface area contributed by atoms with E-state index in [1.165, 1.54) is 0 Å². The predicted molar refractivity (Wildman–Crippen MR) is 94.1 cm³/mol. The topological polar surface area (TPSA) is 50.1 Å². The summed E-state index contributed by atoms with van der Waals surface area (Å²) in [5.74, 6) is 2.03. The number of rotatable bonds is 5. The number of hydrogen-bond donors (Lipinski definition) is 0. The Labute approximate surface area is 138 Å². The molecule has 3 rings (SSSR count). The molecule has 1 aliphatic heterocycles. The van der Waals surface area contributed by atoms with Crippen molar-refractivity contribution in [2.45, 2.75) is 47.1 Å². The Morgan fingerprint density at radius 1 is 0.957 bits per heavy atom. The van der Waals surface area contributed by atoms with Gasteiger partial charge in [-0.2, -0.15) is 5.10 Å². The summed E-state index contributed by atoms with van der Waals surface area (Å²) < 4.78 is 2.06. The van der Waals surface area contributed by atoms with Crippen LogP contribution >= 0.6 is 0 Å². The van der Waals surface area contributed by atoms with Crippen LogP contribution in [0.4, 0.5) is 5.82 Å². The van der Waals surface area contributed by atoms with Gasteiger partial charge in [-0.1, -0.05) is 13.8 Å². The van der Waals surface area contributed by atoms with Gasteiger partial charge >= 0.3 is 0 Å². The van der Waals surface area contributed by atoms with Gasteiger partial charge < -0.3 is 9.80 Å². The molecular weight excluding hydrogens is 288 g/mol. The van der Waals surface area contributed by atoms with Gasteiger partial charge in [0.05, 0.1) is 5.69 Å². The molecule has 0 aliphatic carbocycles. The molecule has 1 saturated heterocycles. The Hall–Kier alpha value is -1.69. The zero-order chi connectivity index (χ0) is 16.4. The number of likely N-dealkylation sites (N-methyl/N-ethyl adjacent to an activating group) is 1. The maximum atomic E-state index is 4.92. The third-order valence-electron chi connectivity index (χ3n) is 4.68. The van der Waals surface area contributed by atoms with Crippen molar-refractivity contribution in [3.05, 3.63) is 11.5 Å². The van der Waals surface area contributed by atoms with Crippen LogP contribution in [-0.4, -0.2) is 57.4 Å². The molecule has 126 valence electrons. The van der Waals surface area contributed by atoms with Crippen LogP contribution in [0.1, 0.15) is 38.7 Å². The standard InChI is InChI=1S/C17H28N6/c1-5-8-14-18-15-13(4)20-23(7-3)16(15)17(19-14)22-11-9-21(6-2)10-12-22/h5-12H2,1-4H3. The lowest BCUT2D eigenvalue weighted by Crippen LogP contribution is -2.46. The van der Waals surface area contributed by atoms with Crippen LogP contribution in [0.2, 0.25) is 0 Å². The highest BCUT2D eigenvalue weighted by Crippen LogP contribution is 2.27. The fourth-order valence-electron chi connectivity index (χ4n) is 3.32. The van der Waals surface area contributed by atoms with Crippen LogP contribution in [0.15, 0.2) is 0 Å². The van der Waals surface area contributed by atoms with Gasteiger partial charge in [0.25, 0.3) is 0 Å². The van der Waals surface area contributed by atoms with Crippen molar-refractivity contribution in [2.75, 3.05) is 37.6 Å². The SMILES string of the molecule is CCCc1nc(N2CCN(CC)CC2)c2c(n1)c(C)nn2CC. The fourth-order valence-corrected chi connectivity index (χ4v) is 3.32. The van der Waals surface area contributed by atoms with Crippen molar-refractivity contribution < 1.29 is 0 Å². The summed E-state index contributed by atoms with van der Waals surface area (Å²) in [5.41, 5.74) is 3.14. The number of fused-ring (bicyclic) bond motifs is 1. The molecule has 0 N–H and O–H groups in total. The van der Waals surface area contributed by atoms with E-state index in [0.29, 0.717) is 0 Å². The van der Waals surface area contributed by atoms with E-state index in [-0.39, 0.29) is 0 Å². The van der Waals surface area contributed by atoms with Gasteiger partial charge in [0.1, 0.15) is 16.9 Å². The number of hydrogen-bond acceptors (Lipinski definition) is 5. The molecule has 1 fully saturated rings. The molecular formula is C17H28N6. The summed E-state index contributed by atoms with van der Waals surface area (Å²) >= 11 is 0. The Bertz CT molecular complexity index is 669. The largest absolute Gasteiger partial charge is 0.352 e. The summed E-state index contributed by atoms with van der Waals surface area (Å²) in [6, 6.07) is 0. The van der Waals surface area contributed by atoms with Crippen molar-refractivity contribution in [3.63, 3.8) is 0 Å². The van der Waals surface area contributed by atoms with Gasteiger partial charge in [0, 0.05) is 39.1 Å². The summed E-state index contributed by atoms with van der Waals surface area (Å²) in [7, 11) is 0. The minimum atomic E-state index is 0.850. The summed E-state index contributed by atoms with van der Waals surface area (Å²) in [5, 5.41) is 4.67. The number of anilines is 1. The molecule has 0 radical (unpaired) electrons. The first-order valence-electron chi connectivity index (χ1n) is 8.89. The quantitative estimate of drug-likeness (QED) is 0.847. The summed E-state index contributed by atoms with van der Waals surface area (Å²) in [6.07, 6.45) is 1.99. The molecule has 1 aliphatic rings. The van der Waals surface area contributed by atoms with Gasteiger partial charge in [0.2, 0.25) is 0 Å². The van der Waals surface area contributed by atoms with Crippen molar-refractivity contribution >= 4 is 16.9 Å². The van der Waals surface area contributed by atoms with Gasteiger partial charge in [-0.05, 0) is 26.8 Å². The van der Waals surface area contributed by atoms with Crippen LogP contribution in [-0.2, 0) is 13.0 Å². The average molecular weight is 316 g/mol. The minimum absolute atomic E-state index is 0.850. The molecule has 0 amide bonds. The normalized spacial score (nSPS) is 16.4. The van der Waals surface area contributed by atoms with Crippen molar-refractivity contribution in [2.24, 2.45) is 0 Å². The van der Waals surface area contributed by atoms with Gasteiger partial charge in [-0.25, -0.2) is 9.97 Å². The molecule has 0 saturated carbocycles.